The highest BCUT2D eigenvalue weighted by molar-refractivity contribution is 7.09. The van der Waals surface area contributed by atoms with Crippen molar-refractivity contribution in [1.29, 1.82) is 0 Å². The molecule has 0 radical (unpaired) electrons. The SMILES string of the molecule is CN(Cc1cccs1)c1cccc(N)c1. The fraction of sp³-hybridized carbons (Fsp3) is 0.167. The highest BCUT2D eigenvalue weighted by Crippen LogP contribution is 2.19. The molecule has 2 aromatic rings. The van der Waals surface area contributed by atoms with Gasteiger partial charge < -0.3 is 10.6 Å². The van der Waals surface area contributed by atoms with Crippen LogP contribution in [-0.4, -0.2) is 7.05 Å². The summed E-state index contributed by atoms with van der Waals surface area (Å²) in [4.78, 5) is 3.56. The van der Waals surface area contributed by atoms with Gasteiger partial charge in [0, 0.05) is 23.3 Å². The second-order valence-electron chi connectivity index (χ2n) is 3.53. The normalized spacial score (nSPS) is 10.2. The lowest BCUT2D eigenvalue weighted by Crippen LogP contribution is -2.15. The predicted molar refractivity (Wildman–Crippen MR) is 67.3 cm³/mol. The molecule has 78 valence electrons. The first kappa shape index (κ1) is 10.1. The van der Waals surface area contributed by atoms with Gasteiger partial charge in [0.25, 0.3) is 0 Å². The number of nitrogen functional groups attached to an aromatic ring is 1. The molecule has 3 heteroatoms. The summed E-state index contributed by atoms with van der Waals surface area (Å²) in [7, 11) is 2.08. The molecule has 0 saturated carbocycles. The van der Waals surface area contributed by atoms with E-state index in [1.165, 1.54) is 4.88 Å². The van der Waals surface area contributed by atoms with Gasteiger partial charge >= 0.3 is 0 Å². The Morgan fingerprint density at radius 3 is 2.80 bits per heavy atom. The molecule has 2 N–H and O–H groups in total. The standard InChI is InChI=1S/C12H14N2S/c1-14(9-12-6-3-7-15-12)11-5-2-4-10(13)8-11/h2-8H,9,13H2,1H3. The zero-order chi connectivity index (χ0) is 10.7. The van der Waals surface area contributed by atoms with Gasteiger partial charge in [0.2, 0.25) is 0 Å². The van der Waals surface area contributed by atoms with Gasteiger partial charge in [-0.25, -0.2) is 0 Å². The lowest BCUT2D eigenvalue weighted by molar-refractivity contribution is 0.941. The lowest BCUT2D eigenvalue weighted by atomic mass is 10.2. The van der Waals surface area contributed by atoms with Crippen LogP contribution in [0.2, 0.25) is 0 Å². The Balaban J connectivity index is 2.11. The summed E-state index contributed by atoms with van der Waals surface area (Å²) < 4.78 is 0. The molecule has 2 rings (SSSR count). The third kappa shape index (κ3) is 2.50. The number of thiophene rings is 1. The first-order valence-electron chi connectivity index (χ1n) is 4.85. The van der Waals surface area contributed by atoms with E-state index in [2.05, 4.69) is 35.5 Å². The summed E-state index contributed by atoms with van der Waals surface area (Å²) >= 11 is 1.78. The minimum absolute atomic E-state index is 0.811. The Kier molecular flexibility index (Phi) is 2.92. The monoisotopic (exact) mass is 218 g/mol. The van der Waals surface area contributed by atoms with Gasteiger partial charge in [-0.3, -0.25) is 0 Å². The van der Waals surface area contributed by atoms with Crippen molar-refractivity contribution in [3.05, 3.63) is 46.7 Å². The number of nitrogens with zero attached hydrogens (tertiary/aromatic N) is 1. The van der Waals surface area contributed by atoms with Crippen LogP contribution in [0.15, 0.2) is 41.8 Å². The average Bonchev–Trinajstić information content (AvgIpc) is 2.70. The molecule has 0 spiro atoms. The molecule has 0 bridgehead atoms. The van der Waals surface area contributed by atoms with E-state index in [1.807, 2.05) is 18.2 Å². The van der Waals surface area contributed by atoms with Crippen molar-refractivity contribution in [2.24, 2.45) is 0 Å². The van der Waals surface area contributed by atoms with Crippen molar-refractivity contribution < 1.29 is 0 Å². The molecule has 1 aromatic carbocycles. The van der Waals surface area contributed by atoms with E-state index < -0.39 is 0 Å². The molecular formula is C12H14N2S. The molecule has 15 heavy (non-hydrogen) atoms. The molecule has 0 aliphatic carbocycles. The number of benzene rings is 1. The maximum atomic E-state index is 5.75. The van der Waals surface area contributed by atoms with Crippen molar-refractivity contribution >= 4 is 22.7 Å². The molecule has 0 unspecified atom stereocenters. The molecule has 0 atom stereocenters. The van der Waals surface area contributed by atoms with Crippen LogP contribution in [0.25, 0.3) is 0 Å². The van der Waals surface area contributed by atoms with E-state index in [0.29, 0.717) is 0 Å². The summed E-state index contributed by atoms with van der Waals surface area (Å²) in [6.45, 7) is 0.932. The number of anilines is 2. The number of rotatable bonds is 3. The van der Waals surface area contributed by atoms with Crippen LogP contribution in [0.3, 0.4) is 0 Å². The maximum absolute atomic E-state index is 5.75. The Hall–Kier alpha value is -1.48. The third-order valence-electron chi connectivity index (χ3n) is 2.28. The Morgan fingerprint density at radius 1 is 1.27 bits per heavy atom. The number of hydrogen-bond donors (Lipinski definition) is 1. The summed E-state index contributed by atoms with van der Waals surface area (Å²) in [5, 5.41) is 2.10. The molecule has 0 aliphatic rings. The molecule has 1 aromatic heterocycles. The molecule has 0 saturated heterocycles. The summed E-state index contributed by atoms with van der Waals surface area (Å²) in [5.74, 6) is 0. The Labute approximate surface area is 94.0 Å². The number of hydrogen-bond acceptors (Lipinski definition) is 3. The van der Waals surface area contributed by atoms with Gasteiger partial charge in [-0.1, -0.05) is 12.1 Å². The molecule has 0 aliphatic heterocycles. The van der Waals surface area contributed by atoms with Crippen molar-refractivity contribution in [1.82, 2.24) is 0 Å². The van der Waals surface area contributed by atoms with Crippen LogP contribution in [0.5, 0.6) is 0 Å². The van der Waals surface area contributed by atoms with Gasteiger partial charge in [-0.05, 0) is 29.6 Å². The highest BCUT2D eigenvalue weighted by Gasteiger charge is 2.02. The molecule has 2 nitrogen and oxygen atoms in total. The first-order valence-corrected chi connectivity index (χ1v) is 5.73. The minimum atomic E-state index is 0.811. The van der Waals surface area contributed by atoms with Crippen LogP contribution in [0.4, 0.5) is 11.4 Å². The van der Waals surface area contributed by atoms with Crippen LogP contribution >= 0.6 is 11.3 Å². The van der Waals surface area contributed by atoms with Gasteiger partial charge in [-0.15, -0.1) is 11.3 Å². The predicted octanol–water partition coefficient (Wildman–Crippen LogP) is 2.97. The van der Waals surface area contributed by atoms with Crippen LogP contribution in [0, 0.1) is 0 Å². The van der Waals surface area contributed by atoms with Crippen LogP contribution in [0.1, 0.15) is 4.88 Å². The van der Waals surface area contributed by atoms with Crippen LogP contribution < -0.4 is 10.6 Å². The average molecular weight is 218 g/mol. The largest absolute Gasteiger partial charge is 0.399 e. The fourth-order valence-electron chi connectivity index (χ4n) is 1.49. The summed E-state index contributed by atoms with van der Waals surface area (Å²) in [5.41, 5.74) is 7.71. The van der Waals surface area contributed by atoms with E-state index >= 15 is 0 Å². The minimum Gasteiger partial charge on any atom is -0.399 e. The zero-order valence-corrected chi connectivity index (χ0v) is 9.50. The van der Waals surface area contributed by atoms with E-state index in [-0.39, 0.29) is 0 Å². The summed E-state index contributed by atoms with van der Waals surface area (Å²) in [6, 6.07) is 12.2. The van der Waals surface area contributed by atoms with Gasteiger partial charge in [-0.2, -0.15) is 0 Å². The summed E-state index contributed by atoms with van der Waals surface area (Å²) in [6.07, 6.45) is 0. The Bertz CT molecular complexity index is 423. The number of nitrogens with two attached hydrogens (primary N) is 1. The topological polar surface area (TPSA) is 29.3 Å². The van der Waals surface area contributed by atoms with Gasteiger partial charge in [0.05, 0.1) is 6.54 Å². The second-order valence-corrected chi connectivity index (χ2v) is 4.56. The van der Waals surface area contributed by atoms with Crippen molar-refractivity contribution in [3.8, 4) is 0 Å². The highest BCUT2D eigenvalue weighted by atomic mass is 32.1. The van der Waals surface area contributed by atoms with Crippen molar-refractivity contribution in [3.63, 3.8) is 0 Å². The smallest absolute Gasteiger partial charge is 0.0519 e. The second kappa shape index (κ2) is 4.36. The van der Waals surface area contributed by atoms with E-state index in [1.54, 1.807) is 11.3 Å². The van der Waals surface area contributed by atoms with Crippen molar-refractivity contribution in [2.45, 2.75) is 6.54 Å². The van der Waals surface area contributed by atoms with E-state index in [0.717, 1.165) is 17.9 Å². The molecule has 0 amide bonds. The maximum Gasteiger partial charge on any atom is 0.0519 e. The molecule has 1 heterocycles. The first-order chi connectivity index (χ1) is 7.25. The lowest BCUT2D eigenvalue weighted by Gasteiger charge is -2.18. The fourth-order valence-corrected chi connectivity index (χ4v) is 2.25. The van der Waals surface area contributed by atoms with Crippen molar-refractivity contribution in [2.75, 3.05) is 17.7 Å². The quantitative estimate of drug-likeness (QED) is 0.802. The zero-order valence-electron chi connectivity index (χ0n) is 8.68. The Morgan fingerprint density at radius 2 is 2.13 bits per heavy atom. The molecule has 0 fully saturated rings. The van der Waals surface area contributed by atoms with E-state index in [4.69, 9.17) is 5.73 Å². The van der Waals surface area contributed by atoms with E-state index in [9.17, 15) is 0 Å². The molecular weight excluding hydrogens is 204 g/mol. The third-order valence-corrected chi connectivity index (χ3v) is 3.15. The van der Waals surface area contributed by atoms with Crippen LogP contribution in [-0.2, 0) is 6.54 Å². The van der Waals surface area contributed by atoms with Gasteiger partial charge in [0.1, 0.15) is 0 Å². The van der Waals surface area contributed by atoms with Gasteiger partial charge in [0.15, 0.2) is 0 Å².